The number of nitrogens with one attached hydrogen (secondary N) is 1. The average Bonchev–Trinajstić information content (AvgIpc) is 2.97. The summed E-state index contributed by atoms with van der Waals surface area (Å²) < 4.78 is 1.67. The first-order chi connectivity index (χ1) is 9.52. The lowest BCUT2D eigenvalue weighted by Crippen LogP contribution is -2.40. The Bertz CT molecular complexity index is 668. The topological polar surface area (TPSA) is 92.9 Å². The molecule has 2 unspecified atom stereocenters. The number of aliphatic carboxylic acids is 1. The molecule has 7 heteroatoms. The summed E-state index contributed by atoms with van der Waals surface area (Å²) >= 11 is 0. The molecule has 1 saturated carbocycles. The zero-order valence-corrected chi connectivity index (χ0v) is 11.5. The highest BCUT2D eigenvalue weighted by molar-refractivity contribution is 5.86. The van der Waals surface area contributed by atoms with Crippen molar-refractivity contribution in [3.63, 3.8) is 0 Å². The second-order valence-electron chi connectivity index (χ2n) is 5.54. The van der Waals surface area contributed by atoms with E-state index in [1.807, 2.05) is 7.05 Å². The van der Waals surface area contributed by atoms with Crippen LogP contribution in [0.3, 0.4) is 0 Å². The van der Waals surface area contributed by atoms with Gasteiger partial charge in [0.25, 0.3) is 0 Å². The fourth-order valence-electron chi connectivity index (χ4n) is 2.90. The number of carboxylic acid groups (broad SMARTS) is 1. The molecular weight excluding hydrogens is 258 g/mol. The lowest BCUT2D eigenvalue weighted by molar-refractivity contribution is -0.147. The lowest BCUT2D eigenvalue weighted by Gasteiger charge is -2.28. The van der Waals surface area contributed by atoms with E-state index < -0.39 is 11.4 Å². The van der Waals surface area contributed by atoms with E-state index in [0.29, 0.717) is 12.2 Å². The second-order valence-corrected chi connectivity index (χ2v) is 5.54. The molecule has 0 radical (unpaired) electrons. The molecule has 0 amide bonds. The largest absolute Gasteiger partial charge is 0.481 e. The minimum Gasteiger partial charge on any atom is -0.481 e. The van der Waals surface area contributed by atoms with Crippen LogP contribution in [0.4, 0.5) is 5.82 Å². The Hall–Kier alpha value is -2.18. The Labute approximate surface area is 116 Å². The maximum Gasteiger partial charge on any atom is 0.311 e. The lowest BCUT2D eigenvalue weighted by atomic mass is 9.85. The fourth-order valence-corrected chi connectivity index (χ4v) is 2.90. The van der Waals surface area contributed by atoms with Crippen molar-refractivity contribution < 1.29 is 9.90 Å². The molecule has 1 aliphatic carbocycles. The number of rotatable bonds is 3. The van der Waals surface area contributed by atoms with Gasteiger partial charge in [0.1, 0.15) is 12.1 Å². The molecule has 3 rings (SSSR count). The molecular formula is C13H17N5O2. The van der Waals surface area contributed by atoms with Crippen molar-refractivity contribution in [1.82, 2.24) is 19.7 Å². The van der Waals surface area contributed by atoms with Gasteiger partial charge in [-0.1, -0.05) is 6.42 Å². The summed E-state index contributed by atoms with van der Waals surface area (Å²) in [4.78, 5) is 19.9. The van der Waals surface area contributed by atoms with Gasteiger partial charge < -0.3 is 10.4 Å². The van der Waals surface area contributed by atoms with E-state index >= 15 is 0 Å². The van der Waals surface area contributed by atoms with Crippen molar-refractivity contribution in [3.05, 3.63) is 12.5 Å². The molecule has 2 N–H and O–H groups in total. The molecule has 2 atom stereocenters. The Morgan fingerprint density at radius 3 is 3.10 bits per heavy atom. The number of hydrogen-bond acceptors (Lipinski definition) is 5. The van der Waals surface area contributed by atoms with Gasteiger partial charge in [-0.2, -0.15) is 5.10 Å². The smallest absolute Gasteiger partial charge is 0.311 e. The number of fused-ring (bicyclic) bond motifs is 1. The van der Waals surface area contributed by atoms with Crippen LogP contribution < -0.4 is 5.32 Å². The van der Waals surface area contributed by atoms with E-state index in [2.05, 4.69) is 20.4 Å². The quantitative estimate of drug-likeness (QED) is 0.880. The van der Waals surface area contributed by atoms with E-state index in [1.54, 1.807) is 17.8 Å². The molecule has 0 bridgehead atoms. The maximum absolute atomic E-state index is 11.5. The first kappa shape index (κ1) is 12.8. The predicted octanol–water partition coefficient (Wildman–Crippen LogP) is 1.42. The van der Waals surface area contributed by atoms with Crippen molar-refractivity contribution in [3.8, 4) is 0 Å². The number of hydrogen-bond donors (Lipinski definition) is 2. The van der Waals surface area contributed by atoms with Gasteiger partial charge in [-0.25, -0.2) is 9.97 Å². The van der Waals surface area contributed by atoms with E-state index in [1.165, 1.54) is 6.33 Å². The van der Waals surface area contributed by atoms with Crippen LogP contribution in [0.15, 0.2) is 12.5 Å². The Kier molecular flexibility index (Phi) is 2.84. The molecule has 1 aliphatic rings. The van der Waals surface area contributed by atoms with Gasteiger partial charge in [0.05, 0.1) is 17.0 Å². The van der Waals surface area contributed by atoms with Crippen molar-refractivity contribution in [1.29, 1.82) is 0 Å². The van der Waals surface area contributed by atoms with E-state index in [9.17, 15) is 9.90 Å². The number of carboxylic acids is 1. The third-order valence-corrected chi connectivity index (χ3v) is 4.29. The normalized spacial score (nSPS) is 26.0. The number of nitrogens with zero attached hydrogens (tertiary/aromatic N) is 4. The molecule has 0 saturated heterocycles. The molecule has 106 valence electrons. The van der Waals surface area contributed by atoms with Gasteiger partial charge >= 0.3 is 5.97 Å². The van der Waals surface area contributed by atoms with E-state index in [-0.39, 0.29) is 6.04 Å². The average molecular weight is 275 g/mol. The van der Waals surface area contributed by atoms with Crippen LogP contribution in [0.5, 0.6) is 0 Å². The van der Waals surface area contributed by atoms with E-state index in [4.69, 9.17) is 0 Å². The first-order valence-corrected chi connectivity index (χ1v) is 6.65. The van der Waals surface area contributed by atoms with Crippen LogP contribution >= 0.6 is 0 Å². The minimum absolute atomic E-state index is 0.127. The van der Waals surface area contributed by atoms with Crippen molar-refractivity contribution in [2.75, 3.05) is 5.32 Å². The third kappa shape index (κ3) is 1.81. The van der Waals surface area contributed by atoms with Crippen LogP contribution in [0.1, 0.15) is 26.2 Å². The second kappa shape index (κ2) is 4.43. The summed E-state index contributed by atoms with van der Waals surface area (Å²) in [7, 11) is 1.82. The summed E-state index contributed by atoms with van der Waals surface area (Å²) in [5, 5.41) is 17.7. The standard InChI is InChI=1S/C13H17N5O2/c1-13(12(19)20)5-3-4-9(13)17-10-8-6-16-18(2)11(8)15-7-14-10/h6-7,9H,3-5H2,1-2H3,(H,19,20)(H,14,15,17). The predicted molar refractivity (Wildman–Crippen MR) is 73.3 cm³/mol. The molecule has 2 heterocycles. The summed E-state index contributed by atoms with van der Waals surface area (Å²) in [6, 6.07) is -0.127. The molecule has 0 spiro atoms. The molecule has 7 nitrogen and oxygen atoms in total. The number of carbonyl (C=O) groups is 1. The van der Waals surface area contributed by atoms with Crippen LogP contribution in [-0.4, -0.2) is 36.9 Å². The number of aromatic nitrogens is 4. The minimum atomic E-state index is -0.760. The molecule has 2 aromatic rings. The SMILES string of the molecule is Cn1ncc2c(NC3CCCC3(C)C(=O)O)ncnc21. The molecule has 20 heavy (non-hydrogen) atoms. The zero-order chi connectivity index (χ0) is 14.3. The van der Waals surface area contributed by atoms with Gasteiger partial charge in [0.2, 0.25) is 0 Å². The van der Waals surface area contributed by atoms with Crippen LogP contribution in [0.25, 0.3) is 11.0 Å². The summed E-state index contributed by atoms with van der Waals surface area (Å²) in [6.07, 6.45) is 5.59. The fraction of sp³-hybridized carbons (Fsp3) is 0.538. The van der Waals surface area contributed by atoms with Gasteiger partial charge in [-0.05, 0) is 19.8 Å². The molecule has 0 aliphatic heterocycles. The number of aryl methyl sites for hydroxylation is 1. The van der Waals surface area contributed by atoms with Crippen LogP contribution in [-0.2, 0) is 11.8 Å². The maximum atomic E-state index is 11.5. The van der Waals surface area contributed by atoms with Gasteiger partial charge in [0.15, 0.2) is 5.65 Å². The van der Waals surface area contributed by atoms with Crippen molar-refractivity contribution in [2.24, 2.45) is 12.5 Å². The number of anilines is 1. The van der Waals surface area contributed by atoms with Gasteiger partial charge in [0, 0.05) is 13.1 Å². The van der Waals surface area contributed by atoms with E-state index in [0.717, 1.165) is 23.9 Å². The molecule has 1 fully saturated rings. The Morgan fingerprint density at radius 1 is 1.55 bits per heavy atom. The Morgan fingerprint density at radius 2 is 2.35 bits per heavy atom. The first-order valence-electron chi connectivity index (χ1n) is 6.65. The highest BCUT2D eigenvalue weighted by atomic mass is 16.4. The van der Waals surface area contributed by atoms with Crippen molar-refractivity contribution in [2.45, 2.75) is 32.2 Å². The molecule has 0 aromatic carbocycles. The highest BCUT2D eigenvalue weighted by Gasteiger charge is 2.45. The monoisotopic (exact) mass is 275 g/mol. The molecule has 2 aromatic heterocycles. The highest BCUT2D eigenvalue weighted by Crippen LogP contribution is 2.40. The van der Waals surface area contributed by atoms with Gasteiger partial charge in [-0.3, -0.25) is 9.48 Å². The van der Waals surface area contributed by atoms with Crippen LogP contribution in [0, 0.1) is 5.41 Å². The van der Waals surface area contributed by atoms with Crippen LogP contribution in [0.2, 0.25) is 0 Å². The van der Waals surface area contributed by atoms with Gasteiger partial charge in [-0.15, -0.1) is 0 Å². The van der Waals surface area contributed by atoms with Crippen molar-refractivity contribution >= 4 is 22.8 Å². The summed E-state index contributed by atoms with van der Waals surface area (Å²) in [5.41, 5.74) is -0.0167. The third-order valence-electron chi connectivity index (χ3n) is 4.29. The summed E-state index contributed by atoms with van der Waals surface area (Å²) in [6.45, 7) is 1.79. The summed E-state index contributed by atoms with van der Waals surface area (Å²) in [5.74, 6) is -0.105. The Balaban J connectivity index is 1.95. The zero-order valence-electron chi connectivity index (χ0n) is 11.5.